The van der Waals surface area contributed by atoms with Gasteiger partial charge in [0.2, 0.25) is 0 Å². The Labute approximate surface area is 203 Å². The highest BCUT2D eigenvalue weighted by molar-refractivity contribution is 6.42. The number of anilines is 1. The van der Waals surface area contributed by atoms with E-state index >= 15 is 0 Å². The maximum atomic E-state index is 13.2. The number of aliphatic hydroxyl groups is 1. The largest absolute Gasteiger partial charge is 0.456 e. The lowest BCUT2D eigenvalue weighted by Crippen LogP contribution is -2.44. The zero-order chi connectivity index (χ0) is 25.1. The van der Waals surface area contributed by atoms with Gasteiger partial charge in [-0.25, -0.2) is 0 Å². The molecule has 0 heterocycles. The molecule has 2 aromatic carbocycles. The molecule has 3 nitrogen and oxygen atoms in total. The molecule has 0 radical (unpaired) electrons. The molecule has 0 aromatic heterocycles. The second-order valence-electron chi connectivity index (χ2n) is 8.38. The maximum Gasteiger partial charge on any atom is 0.416 e. The van der Waals surface area contributed by atoms with Crippen LogP contribution in [0.3, 0.4) is 0 Å². The monoisotopic (exact) mass is 529 g/mol. The third kappa shape index (κ3) is 7.09. The Hall–Kier alpha value is -1.84. The van der Waals surface area contributed by atoms with E-state index in [1.807, 2.05) is 0 Å². The highest BCUT2D eigenvalue weighted by Gasteiger charge is 2.43. The van der Waals surface area contributed by atoms with Gasteiger partial charge in [-0.15, -0.1) is 0 Å². The maximum absolute atomic E-state index is 13.2. The van der Waals surface area contributed by atoms with Gasteiger partial charge in [0.1, 0.15) is 16.5 Å². The van der Waals surface area contributed by atoms with Crippen molar-refractivity contribution in [2.24, 2.45) is 11.8 Å². The number of alkyl halides is 6. The number of rotatable bonds is 7. The van der Waals surface area contributed by atoms with Crippen LogP contribution in [0.15, 0.2) is 42.5 Å². The van der Waals surface area contributed by atoms with Gasteiger partial charge in [0.15, 0.2) is 6.10 Å². The molecule has 0 saturated heterocycles. The summed E-state index contributed by atoms with van der Waals surface area (Å²) in [5.74, 6) is -1.49. The molecule has 1 aliphatic rings. The van der Waals surface area contributed by atoms with Gasteiger partial charge in [0, 0.05) is 18.3 Å². The van der Waals surface area contributed by atoms with Crippen LogP contribution in [0.1, 0.15) is 25.7 Å². The summed E-state index contributed by atoms with van der Waals surface area (Å²) in [4.78, 5) is 1.26. The smallest absolute Gasteiger partial charge is 0.416 e. The predicted molar refractivity (Wildman–Crippen MR) is 119 cm³/mol. The van der Waals surface area contributed by atoms with Gasteiger partial charge in [-0.2, -0.15) is 26.3 Å². The Balaban J connectivity index is 1.84. The van der Waals surface area contributed by atoms with Crippen molar-refractivity contribution in [3.8, 4) is 11.5 Å². The Morgan fingerprint density at radius 3 is 2.41 bits per heavy atom. The van der Waals surface area contributed by atoms with Gasteiger partial charge >= 0.3 is 12.4 Å². The van der Waals surface area contributed by atoms with Crippen molar-refractivity contribution in [1.29, 1.82) is 0 Å². The minimum absolute atomic E-state index is 0.00883. The van der Waals surface area contributed by atoms with E-state index in [0.29, 0.717) is 12.8 Å². The second kappa shape index (κ2) is 10.8. The van der Waals surface area contributed by atoms with E-state index in [-0.39, 0.29) is 46.6 Å². The van der Waals surface area contributed by atoms with Crippen LogP contribution in [0.25, 0.3) is 0 Å². The molecule has 3 atom stereocenters. The van der Waals surface area contributed by atoms with Gasteiger partial charge in [-0.1, -0.05) is 41.8 Å². The van der Waals surface area contributed by atoms with E-state index in [1.165, 1.54) is 23.1 Å². The van der Waals surface area contributed by atoms with Crippen molar-refractivity contribution >= 4 is 28.9 Å². The highest BCUT2D eigenvalue weighted by Crippen LogP contribution is 2.41. The summed E-state index contributed by atoms with van der Waals surface area (Å²) < 4.78 is 84.7. The Morgan fingerprint density at radius 2 is 1.74 bits per heavy atom. The van der Waals surface area contributed by atoms with Crippen LogP contribution >= 0.6 is 23.2 Å². The van der Waals surface area contributed by atoms with E-state index in [9.17, 15) is 31.4 Å². The topological polar surface area (TPSA) is 32.7 Å². The summed E-state index contributed by atoms with van der Waals surface area (Å²) in [6.07, 6.45) is -11.3. The summed E-state index contributed by atoms with van der Waals surface area (Å²) >= 11 is 12.1. The number of benzene rings is 2. The first-order chi connectivity index (χ1) is 15.8. The van der Waals surface area contributed by atoms with Crippen LogP contribution in [-0.2, 0) is 0 Å². The number of ether oxygens (including phenoxy) is 1. The molecule has 3 unspecified atom stereocenters. The van der Waals surface area contributed by atoms with Crippen LogP contribution in [0, 0.1) is 11.8 Å². The third-order valence-electron chi connectivity index (χ3n) is 5.82. The number of hydrogen-bond donors (Lipinski definition) is 1. The van der Waals surface area contributed by atoms with Gasteiger partial charge < -0.3 is 14.7 Å². The van der Waals surface area contributed by atoms with Crippen molar-refractivity contribution in [3.05, 3.63) is 52.5 Å². The van der Waals surface area contributed by atoms with Crippen LogP contribution in [0.5, 0.6) is 11.5 Å². The molecule has 3 rings (SSSR count). The Kier molecular flexibility index (Phi) is 8.52. The van der Waals surface area contributed by atoms with Crippen LogP contribution in [-0.4, -0.2) is 36.7 Å². The summed E-state index contributed by atoms with van der Waals surface area (Å²) in [6.45, 7) is -0.890. The average Bonchev–Trinajstić information content (AvgIpc) is 2.75. The summed E-state index contributed by atoms with van der Waals surface area (Å²) in [5, 5.41) is 10.1. The molecule has 0 aliphatic heterocycles. The van der Waals surface area contributed by atoms with Crippen molar-refractivity contribution in [2.75, 3.05) is 18.0 Å². The van der Waals surface area contributed by atoms with Crippen LogP contribution in [0.2, 0.25) is 10.0 Å². The van der Waals surface area contributed by atoms with Gasteiger partial charge in [0.05, 0.1) is 17.5 Å². The molecule has 1 saturated carbocycles. The Bertz CT molecular complexity index is 969. The SMILES string of the molecule is OC(CN(CC1CCCC(C(F)(F)F)C1)c1cccc(Oc2cccc(Cl)c2Cl)c1)C(F)(F)F. The normalized spacial score (nSPS) is 20.1. The average molecular weight is 530 g/mol. The number of halogens is 8. The number of hydrogen-bond acceptors (Lipinski definition) is 3. The van der Waals surface area contributed by atoms with Crippen molar-refractivity contribution in [3.63, 3.8) is 0 Å². The molecular formula is C23H23Cl2F6NO2. The predicted octanol–water partition coefficient (Wildman–Crippen LogP) is 7.88. The van der Waals surface area contributed by atoms with Crippen molar-refractivity contribution < 1.29 is 36.2 Å². The summed E-state index contributed by atoms with van der Waals surface area (Å²) in [5.41, 5.74) is 0.271. The van der Waals surface area contributed by atoms with Crippen LogP contribution in [0.4, 0.5) is 32.0 Å². The molecule has 188 valence electrons. The minimum atomic E-state index is -4.87. The fourth-order valence-electron chi connectivity index (χ4n) is 4.10. The molecular weight excluding hydrogens is 507 g/mol. The molecule has 1 N–H and O–H groups in total. The molecule has 1 fully saturated rings. The van der Waals surface area contributed by atoms with Gasteiger partial charge in [0.25, 0.3) is 0 Å². The molecule has 11 heteroatoms. The molecule has 0 spiro atoms. The van der Waals surface area contributed by atoms with E-state index in [4.69, 9.17) is 27.9 Å². The fourth-order valence-corrected chi connectivity index (χ4v) is 4.43. The van der Waals surface area contributed by atoms with E-state index in [0.717, 1.165) is 0 Å². The molecule has 0 amide bonds. The standard InChI is InChI=1S/C23H23Cl2F6NO2/c24-18-8-3-9-19(21(18)25)34-17-7-2-6-16(11-17)32(13-20(33)23(29,30)31)12-14-4-1-5-15(10-14)22(26,27)28/h2-3,6-9,11,14-15,20,33H,1,4-5,10,12-13H2. The zero-order valence-corrected chi connectivity index (χ0v) is 19.4. The summed E-state index contributed by atoms with van der Waals surface area (Å²) in [6, 6.07) is 10.8. The minimum Gasteiger partial charge on any atom is -0.456 e. The lowest BCUT2D eigenvalue weighted by Gasteiger charge is -2.36. The fraction of sp³-hybridized carbons (Fsp3) is 0.478. The molecule has 1 aliphatic carbocycles. The van der Waals surface area contributed by atoms with Gasteiger partial charge in [-0.05, 0) is 49.4 Å². The first kappa shape index (κ1) is 26.8. The second-order valence-corrected chi connectivity index (χ2v) is 9.17. The van der Waals surface area contributed by atoms with Crippen molar-refractivity contribution in [1.82, 2.24) is 0 Å². The molecule has 34 heavy (non-hydrogen) atoms. The zero-order valence-electron chi connectivity index (χ0n) is 17.8. The quantitative estimate of drug-likeness (QED) is 0.370. The number of aliphatic hydroxyl groups excluding tert-OH is 1. The van der Waals surface area contributed by atoms with Crippen LogP contribution < -0.4 is 9.64 Å². The highest BCUT2D eigenvalue weighted by atomic mass is 35.5. The number of nitrogens with zero attached hydrogens (tertiary/aromatic N) is 1. The van der Waals surface area contributed by atoms with E-state index in [2.05, 4.69) is 0 Å². The van der Waals surface area contributed by atoms with Gasteiger partial charge in [-0.3, -0.25) is 0 Å². The van der Waals surface area contributed by atoms with E-state index in [1.54, 1.807) is 24.3 Å². The first-order valence-corrected chi connectivity index (χ1v) is 11.4. The first-order valence-electron chi connectivity index (χ1n) is 10.6. The molecule has 0 bridgehead atoms. The molecule has 2 aromatic rings. The third-order valence-corrected chi connectivity index (χ3v) is 6.62. The lowest BCUT2D eigenvalue weighted by molar-refractivity contribution is -0.200. The van der Waals surface area contributed by atoms with E-state index < -0.39 is 36.8 Å². The Morgan fingerprint density at radius 1 is 1.03 bits per heavy atom. The van der Waals surface area contributed by atoms with Crippen molar-refractivity contribution in [2.45, 2.75) is 44.1 Å². The summed E-state index contributed by atoms with van der Waals surface area (Å²) in [7, 11) is 0. The lowest BCUT2D eigenvalue weighted by atomic mass is 9.80.